The third-order valence-electron chi connectivity index (χ3n) is 6.19. The standard InChI is InChI=1S/C30H17BrCl2F3N3O5S/c1-43-25-13-16(12-22(31)27(25)44-24-11-2-17(30(34,35)36)15-23(24)39(41)42)14-26-28(40)38(21-9-5-19(33)6-10-21)29(45-26)37-20-7-3-18(32)4-8-20/h2-15H,1H3/b26-14-,37-29?. The van der Waals surface area contributed by atoms with E-state index in [4.69, 9.17) is 32.7 Å². The van der Waals surface area contributed by atoms with Gasteiger partial charge in [0.25, 0.3) is 5.91 Å². The molecule has 0 bridgehead atoms. The minimum Gasteiger partial charge on any atom is -0.493 e. The van der Waals surface area contributed by atoms with Gasteiger partial charge in [-0.05, 0) is 112 Å². The largest absolute Gasteiger partial charge is 0.493 e. The number of hydrogen-bond acceptors (Lipinski definition) is 7. The smallest absolute Gasteiger partial charge is 0.416 e. The van der Waals surface area contributed by atoms with Crippen molar-refractivity contribution in [1.82, 2.24) is 0 Å². The monoisotopic (exact) mass is 737 g/mol. The van der Waals surface area contributed by atoms with Crippen LogP contribution in [0.1, 0.15) is 11.1 Å². The van der Waals surface area contributed by atoms with Gasteiger partial charge in [0.2, 0.25) is 5.75 Å². The Balaban J connectivity index is 1.51. The number of hydrogen-bond donors (Lipinski definition) is 0. The minimum atomic E-state index is -4.78. The van der Waals surface area contributed by atoms with E-state index < -0.39 is 28.1 Å². The molecular weight excluding hydrogens is 722 g/mol. The maximum atomic E-state index is 13.7. The van der Waals surface area contributed by atoms with Crippen molar-refractivity contribution in [3.05, 3.63) is 120 Å². The molecule has 15 heteroatoms. The summed E-state index contributed by atoms with van der Waals surface area (Å²) < 4.78 is 50.8. The van der Waals surface area contributed by atoms with Crippen molar-refractivity contribution in [3.63, 3.8) is 0 Å². The fourth-order valence-electron chi connectivity index (χ4n) is 4.10. The molecule has 1 amide bonds. The van der Waals surface area contributed by atoms with E-state index in [-0.39, 0.29) is 21.9 Å². The lowest BCUT2D eigenvalue weighted by molar-refractivity contribution is -0.385. The number of amides is 1. The minimum absolute atomic E-state index is 0.0271. The van der Waals surface area contributed by atoms with Crippen molar-refractivity contribution < 1.29 is 32.4 Å². The van der Waals surface area contributed by atoms with Gasteiger partial charge in [-0.25, -0.2) is 4.99 Å². The summed E-state index contributed by atoms with van der Waals surface area (Å²) in [6, 6.07) is 18.5. The normalized spacial score (nSPS) is 15.2. The quantitative estimate of drug-likeness (QED) is 0.106. The number of benzene rings is 4. The van der Waals surface area contributed by atoms with Crippen LogP contribution in [0.4, 0.5) is 30.2 Å². The summed E-state index contributed by atoms with van der Waals surface area (Å²) in [5, 5.41) is 13.0. The predicted molar refractivity (Wildman–Crippen MR) is 172 cm³/mol. The zero-order chi connectivity index (χ0) is 32.5. The molecule has 1 saturated heterocycles. The van der Waals surface area contributed by atoms with E-state index in [9.17, 15) is 28.1 Å². The Morgan fingerprint density at radius 1 is 0.978 bits per heavy atom. The third kappa shape index (κ3) is 7.28. The fraction of sp³-hybridized carbons (Fsp3) is 0.0667. The van der Waals surface area contributed by atoms with Crippen LogP contribution >= 0.6 is 50.9 Å². The molecule has 4 aromatic carbocycles. The molecule has 4 aromatic rings. The highest BCUT2D eigenvalue weighted by molar-refractivity contribution is 9.10. The number of anilines is 1. The molecule has 1 heterocycles. The van der Waals surface area contributed by atoms with Crippen molar-refractivity contribution in [2.24, 2.45) is 4.99 Å². The molecule has 0 atom stereocenters. The second-order valence-corrected chi connectivity index (χ2v) is 11.9. The summed E-state index contributed by atoms with van der Waals surface area (Å²) in [5.41, 5.74) is -0.493. The molecule has 1 aliphatic rings. The van der Waals surface area contributed by atoms with E-state index in [1.165, 1.54) is 18.1 Å². The molecule has 230 valence electrons. The molecule has 0 aromatic heterocycles. The number of rotatable bonds is 7. The number of carbonyl (C=O) groups is 1. The Kier molecular flexibility index (Phi) is 9.44. The summed E-state index contributed by atoms with van der Waals surface area (Å²) in [6.45, 7) is 0. The molecule has 0 spiro atoms. The average Bonchev–Trinajstić information content (AvgIpc) is 3.29. The molecule has 0 N–H and O–H groups in total. The van der Waals surface area contributed by atoms with E-state index in [1.807, 2.05) is 0 Å². The van der Waals surface area contributed by atoms with Crippen molar-refractivity contribution in [2.45, 2.75) is 6.18 Å². The summed E-state index contributed by atoms with van der Waals surface area (Å²) in [7, 11) is 1.32. The first-order chi connectivity index (χ1) is 21.3. The van der Waals surface area contributed by atoms with Crippen LogP contribution in [0.3, 0.4) is 0 Å². The van der Waals surface area contributed by atoms with Crippen LogP contribution in [0.5, 0.6) is 17.2 Å². The number of nitro benzene ring substituents is 1. The Morgan fingerprint density at radius 2 is 1.62 bits per heavy atom. The van der Waals surface area contributed by atoms with Crippen LogP contribution in [0.2, 0.25) is 10.0 Å². The molecule has 45 heavy (non-hydrogen) atoms. The molecule has 0 radical (unpaired) electrons. The lowest BCUT2D eigenvalue weighted by atomic mass is 10.1. The molecule has 1 aliphatic heterocycles. The highest BCUT2D eigenvalue weighted by Crippen LogP contribution is 2.45. The molecule has 8 nitrogen and oxygen atoms in total. The first-order valence-electron chi connectivity index (χ1n) is 12.6. The van der Waals surface area contributed by atoms with Gasteiger partial charge in [-0.15, -0.1) is 0 Å². The van der Waals surface area contributed by atoms with Crippen molar-refractivity contribution >= 4 is 85.1 Å². The van der Waals surface area contributed by atoms with Gasteiger partial charge in [0.1, 0.15) is 0 Å². The Bertz CT molecular complexity index is 1870. The summed E-state index contributed by atoms with van der Waals surface area (Å²) in [4.78, 5) is 30.7. The summed E-state index contributed by atoms with van der Waals surface area (Å²) >= 11 is 16.5. The number of carbonyl (C=O) groups excluding carboxylic acids is 1. The Morgan fingerprint density at radius 3 is 2.22 bits per heavy atom. The molecule has 5 rings (SSSR count). The maximum absolute atomic E-state index is 13.7. The van der Waals surface area contributed by atoms with Gasteiger partial charge in [-0.3, -0.25) is 19.8 Å². The van der Waals surface area contributed by atoms with Crippen molar-refractivity contribution in [3.8, 4) is 17.2 Å². The fourth-order valence-corrected chi connectivity index (χ4v) is 5.89. The van der Waals surface area contributed by atoms with Crippen LogP contribution in [0, 0.1) is 10.1 Å². The second-order valence-electron chi connectivity index (χ2n) is 9.17. The van der Waals surface area contributed by atoms with Gasteiger partial charge in [-0.2, -0.15) is 13.2 Å². The average molecular weight is 739 g/mol. The summed E-state index contributed by atoms with van der Waals surface area (Å²) in [6.07, 6.45) is -3.19. The van der Waals surface area contributed by atoms with Gasteiger partial charge in [0.05, 0.1) is 38.3 Å². The van der Waals surface area contributed by atoms with E-state index in [0.29, 0.717) is 49.2 Å². The lowest BCUT2D eigenvalue weighted by Crippen LogP contribution is -2.28. The molecule has 0 unspecified atom stereocenters. The first kappa shape index (κ1) is 32.4. The van der Waals surface area contributed by atoms with Gasteiger partial charge in [-0.1, -0.05) is 23.2 Å². The van der Waals surface area contributed by atoms with Crippen molar-refractivity contribution in [1.29, 1.82) is 0 Å². The maximum Gasteiger partial charge on any atom is 0.416 e. The summed E-state index contributed by atoms with van der Waals surface area (Å²) in [5.74, 6) is -0.738. The van der Waals surface area contributed by atoms with Crippen LogP contribution in [-0.4, -0.2) is 23.1 Å². The van der Waals surface area contributed by atoms with Crippen LogP contribution in [-0.2, 0) is 11.0 Å². The van der Waals surface area contributed by atoms with E-state index in [0.717, 1.165) is 17.8 Å². The van der Waals surface area contributed by atoms with Gasteiger partial charge < -0.3 is 9.47 Å². The number of nitro groups is 1. The molecular formula is C30H17BrCl2F3N3O5S. The highest BCUT2D eigenvalue weighted by atomic mass is 79.9. The molecule has 0 aliphatic carbocycles. The molecule has 1 fully saturated rings. The zero-order valence-corrected chi connectivity index (χ0v) is 26.6. The highest BCUT2D eigenvalue weighted by Gasteiger charge is 2.36. The third-order valence-corrected chi connectivity index (χ3v) is 8.25. The second kappa shape index (κ2) is 13.1. The van der Waals surface area contributed by atoms with Gasteiger partial charge in [0.15, 0.2) is 16.7 Å². The zero-order valence-electron chi connectivity index (χ0n) is 22.6. The SMILES string of the molecule is COc1cc(/C=C2\SC(=Nc3ccc(Cl)cc3)N(c3ccc(Cl)cc3)C2=O)cc(Br)c1Oc1ccc(C(F)(F)F)cc1[N+](=O)[O-]. The van der Waals surface area contributed by atoms with Crippen LogP contribution in [0.25, 0.3) is 6.08 Å². The van der Waals surface area contributed by atoms with E-state index in [1.54, 1.807) is 60.7 Å². The number of alkyl halides is 3. The van der Waals surface area contributed by atoms with E-state index in [2.05, 4.69) is 20.9 Å². The number of aliphatic imine (C=N–C) groups is 1. The van der Waals surface area contributed by atoms with Crippen LogP contribution in [0.15, 0.2) is 93.2 Å². The van der Waals surface area contributed by atoms with Gasteiger partial charge >= 0.3 is 11.9 Å². The Hall–Kier alpha value is -4.04. The number of nitrogens with zero attached hydrogens (tertiary/aromatic N) is 3. The van der Waals surface area contributed by atoms with Crippen LogP contribution < -0.4 is 14.4 Å². The number of thioether (sulfide) groups is 1. The lowest BCUT2D eigenvalue weighted by Gasteiger charge is -2.16. The molecule has 0 saturated carbocycles. The Labute approximate surface area is 276 Å². The number of amidine groups is 1. The number of halogens is 6. The van der Waals surface area contributed by atoms with E-state index >= 15 is 0 Å². The number of methoxy groups -OCH3 is 1. The topological polar surface area (TPSA) is 94.3 Å². The number of ether oxygens (including phenoxy) is 2. The van der Waals surface area contributed by atoms with Crippen molar-refractivity contribution in [2.75, 3.05) is 12.0 Å². The predicted octanol–water partition coefficient (Wildman–Crippen LogP) is 10.3. The van der Waals surface area contributed by atoms with Gasteiger partial charge in [0, 0.05) is 16.1 Å². The first-order valence-corrected chi connectivity index (χ1v) is 15.0.